The zero-order chi connectivity index (χ0) is 13.1. The Bertz CT molecular complexity index is 501. The predicted molar refractivity (Wildman–Crippen MR) is 80.8 cm³/mol. The fraction of sp³-hybridized carbons (Fsp3) is 0.400. The number of rotatable bonds is 4. The maximum Gasteiger partial charge on any atom is 0.0991 e. The van der Waals surface area contributed by atoms with Gasteiger partial charge < -0.3 is 9.88 Å². The summed E-state index contributed by atoms with van der Waals surface area (Å²) in [5, 5.41) is 3.71. The Labute approximate surface area is 118 Å². The molecular weight excluding hydrogens is 254 g/mol. The molecule has 2 atom stereocenters. The standard InChI is InChI=1S/C15H19N3S/c1-12(17-14-6-9-19-10-14)13-2-4-15(5-3-13)18-8-7-16-11-18/h2-5,7-8,11-12,14,17H,6,9-10H2,1H3. The van der Waals surface area contributed by atoms with Gasteiger partial charge in [-0.3, -0.25) is 0 Å². The molecule has 2 unspecified atom stereocenters. The van der Waals surface area contributed by atoms with E-state index in [2.05, 4.69) is 41.5 Å². The summed E-state index contributed by atoms with van der Waals surface area (Å²) in [6.07, 6.45) is 6.89. The van der Waals surface area contributed by atoms with E-state index in [0.29, 0.717) is 12.1 Å². The molecule has 2 heterocycles. The van der Waals surface area contributed by atoms with Gasteiger partial charge in [0.05, 0.1) is 6.33 Å². The van der Waals surface area contributed by atoms with Crippen LogP contribution in [0.1, 0.15) is 24.9 Å². The zero-order valence-corrected chi connectivity index (χ0v) is 11.9. The van der Waals surface area contributed by atoms with E-state index < -0.39 is 0 Å². The Morgan fingerprint density at radius 1 is 1.37 bits per heavy atom. The molecule has 1 aromatic heterocycles. The van der Waals surface area contributed by atoms with Crippen molar-refractivity contribution in [2.24, 2.45) is 0 Å². The number of hydrogen-bond acceptors (Lipinski definition) is 3. The average Bonchev–Trinajstić information content (AvgIpc) is 3.12. The molecule has 1 aliphatic rings. The number of thioether (sulfide) groups is 1. The van der Waals surface area contributed by atoms with E-state index >= 15 is 0 Å². The van der Waals surface area contributed by atoms with Crippen LogP contribution in [0.5, 0.6) is 0 Å². The minimum absolute atomic E-state index is 0.417. The molecular formula is C15H19N3S. The van der Waals surface area contributed by atoms with E-state index in [9.17, 15) is 0 Å². The van der Waals surface area contributed by atoms with Crippen molar-refractivity contribution in [2.75, 3.05) is 11.5 Å². The number of aromatic nitrogens is 2. The van der Waals surface area contributed by atoms with Gasteiger partial charge >= 0.3 is 0 Å². The van der Waals surface area contributed by atoms with Crippen molar-refractivity contribution in [3.8, 4) is 5.69 Å². The fourth-order valence-corrected chi connectivity index (χ4v) is 3.63. The first kappa shape index (κ1) is 12.8. The summed E-state index contributed by atoms with van der Waals surface area (Å²) in [5.41, 5.74) is 2.51. The summed E-state index contributed by atoms with van der Waals surface area (Å²) in [5.74, 6) is 2.54. The van der Waals surface area contributed by atoms with Crippen LogP contribution in [0.15, 0.2) is 43.0 Å². The first-order valence-corrected chi connectivity index (χ1v) is 7.90. The van der Waals surface area contributed by atoms with E-state index in [1.165, 1.54) is 23.5 Å². The van der Waals surface area contributed by atoms with Crippen molar-refractivity contribution in [2.45, 2.75) is 25.4 Å². The highest BCUT2D eigenvalue weighted by molar-refractivity contribution is 7.99. The minimum Gasteiger partial charge on any atom is -0.307 e. The van der Waals surface area contributed by atoms with Crippen LogP contribution in [0, 0.1) is 0 Å². The summed E-state index contributed by atoms with van der Waals surface area (Å²) >= 11 is 2.05. The third-order valence-electron chi connectivity index (χ3n) is 3.61. The van der Waals surface area contributed by atoms with Crippen molar-refractivity contribution in [3.63, 3.8) is 0 Å². The fourth-order valence-electron chi connectivity index (χ4n) is 2.46. The maximum atomic E-state index is 4.07. The van der Waals surface area contributed by atoms with Crippen molar-refractivity contribution in [1.29, 1.82) is 0 Å². The van der Waals surface area contributed by atoms with Crippen LogP contribution < -0.4 is 5.32 Å². The van der Waals surface area contributed by atoms with Crippen LogP contribution in [0.2, 0.25) is 0 Å². The Kier molecular flexibility index (Phi) is 3.89. The quantitative estimate of drug-likeness (QED) is 0.928. The van der Waals surface area contributed by atoms with Gasteiger partial charge in [-0.15, -0.1) is 0 Å². The first-order chi connectivity index (χ1) is 9.33. The molecule has 0 saturated carbocycles. The molecule has 0 aliphatic carbocycles. The third-order valence-corrected chi connectivity index (χ3v) is 4.77. The Morgan fingerprint density at radius 2 is 2.21 bits per heavy atom. The Morgan fingerprint density at radius 3 is 2.84 bits per heavy atom. The second-order valence-corrected chi connectivity index (χ2v) is 6.16. The highest BCUT2D eigenvalue weighted by Crippen LogP contribution is 2.22. The van der Waals surface area contributed by atoms with Gasteiger partial charge in [0, 0.05) is 35.9 Å². The topological polar surface area (TPSA) is 29.9 Å². The van der Waals surface area contributed by atoms with Gasteiger partial charge in [-0.2, -0.15) is 11.8 Å². The number of imidazole rings is 1. The number of hydrogen-bond donors (Lipinski definition) is 1. The van der Waals surface area contributed by atoms with Gasteiger partial charge in [-0.1, -0.05) is 12.1 Å². The molecule has 1 N–H and O–H groups in total. The zero-order valence-electron chi connectivity index (χ0n) is 11.1. The monoisotopic (exact) mass is 273 g/mol. The molecule has 19 heavy (non-hydrogen) atoms. The first-order valence-electron chi connectivity index (χ1n) is 6.75. The van der Waals surface area contributed by atoms with Crippen molar-refractivity contribution < 1.29 is 0 Å². The summed E-state index contributed by atoms with van der Waals surface area (Å²) in [7, 11) is 0. The largest absolute Gasteiger partial charge is 0.307 e. The Balaban J connectivity index is 1.67. The molecule has 1 aromatic carbocycles. The van der Waals surface area contributed by atoms with Gasteiger partial charge in [-0.05, 0) is 36.8 Å². The molecule has 1 fully saturated rings. The lowest BCUT2D eigenvalue weighted by atomic mass is 10.1. The molecule has 3 nitrogen and oxygen atoms in total. The van der Waals surface area contributed by atoms with E-state index in [0.717, 1.165) is 5.69 Å². The van der Waals surface area contributed by atoms with Gasteiger partial charge in [0.15, 0.2) is 0 Å². The lowest BCUT2D eigenvalue weighted by Crippen LogP contribution is -2.31. The van der Waals surface area contributed by atoms with Crippen molar-refractivity contribution in [3.05, 3.63) is 48.5 Å². The Hall–Kier alpha value is -1.26. The van der Waals surface area contributed by atoms with Crippen LogP contribution in [-0.2, 0) is 0 Å². The molecule has 3 rings (SSSR count). The SMILES string of the molecule is CC(NC1CCSC1)c1ccc(-n2ccnc2)cc1. The second kappa shape index (κ2) is 5.80. The summed E-state index contributed by atoms with van der Waals surface area (Å²) in [6.45, 7) is 2.25. The van der Waals surface area contributed by atoms with E-state index in [1.54, 1.807) is 6.20 Å². The van der Waals surface area contributed by atoms with Crippen molar-refractivity contribution >= 4 is 11.8 Å². The molecule has 4 heteroatoms. The van der Waals surface area contributed by atoms with Gasteiger partial charge in [0.1, 0.15) is 0 Å². The molecule has 1 saturated heterocycles. The summed E-state index contributed by atoms with van der Waals surface area (Å²) in [6, 6.07) is 9.80. The highest BCUT2D eigenvalue weighted by Gasteiger charge is 2.17. The molecule has 1 aliphatic heterocycles. The van der Waals surface area contributed by atoms with Crippen LogP contribution in [0.4, 0.5) is 0 Å². The van der Waals surface area contributed by atoms with Crippen LogP contribution in [0.3, 0.4) is 0 Å². The van der Waals surface area contributed by atoms with Gasteiger partial charge in [-0.25, -0.2) is 4.98 Å². The lowest BCUT2D eigenvalue weighted by Gasteiger charge is -2.19. The molecule has 0 spiro atoms. The van der Waals surface area contributed by atoms with E-state index in [4.69, 9.17) is 0 Å². The minimum atomic E-state index is 0.417. The summed E-state index contributed by atoms with van der Waals surface area (Å²) in [4.78, 5) is 4.07. The smallest absolute Gasteiger partial charge is 0.0991 e. The van der Waals surface area contributed by atoms with Crippen LogP contribution in [-0.4, -0.2) is 27.1 Å². The number of nitrogens with zero attached hydrogens (tertiary/aromatic N) is 2. The average molecular weight is 273 g/mol. The van der Waals surface area contributed by atoms with Gasteiger partial charge in [0.25, 0.3) is 0 Å². The predicted octanol–water partition coefficient (Wildman–Crippen LogP) is 3.03. The summed E-state index contributed by atoms with van der Waals surface area (Å²) < 4.78 is 2.02. The number of benzene rings is 1. The molecule has 100 valence electrons. The molecule has 0 bridgehead atoms. The van der Waals surface area contributed by atoms with Crippen LogP contribution >= 0.6 is 11.8 Å². The maximum absolute atomic E-state index is 4.07. The highest BCUT2D eigenvalue weighted by atomic mass is 32.2. The lowest BCUT2D eigenvalue weighted by molar-refractivity contribution is 0.486. The van der Waals surface area contributed by atoms with Gasteiger partial charge in [0.2, 0.25) is 0 Å². The van der Waals surface area contributed by atoms with Crippen molar-refractivity contribution in [1.82, 2.24) is 14.9 Å². The molecule has 2 aromatic rings. The molecule has 0 amide bonds. The van der Waals surface area contributed by atoms with E-state index in [1.807, 2.05) is 28.9 Å². The normalized spacial score (nSPS) is 20.6. The van der Waals surface area contributed by atoms with E-state index in [-0.39, 0.29) is 0 Å². The second-order valence-electron chi connectivity index (χ2n) is 5.01. The number of nitrogens with one attached hydrogen (secondary N) is 1. The molecule has 0 radical (unpaired) electrons. The van der Waals surface area contributed by atoms with Crippen LogP contribution in [0.25, 0.3) is 5.69 Å². The third kappa shape index (κ3) is 3.01.